The predicted octanol–water partition coefficient (Wildman–Crippen LogP) is 1.53. The Balaban J connectivity index is 0.00000242. The van der Waals surface area contributed by atoms with Crippen LogP contribution in [0.1, 0.15) is 31.7 Å². The number of nitrogens with one attached hydrogen (secondary N) is 2. The van der Waals surface area contributed by atoms with Gasteiger partial charge >= 0.3 is 0 Å². The zero-order valence-electron chi connectivity index (χ0n) is 12.7. The first-order valence-corrected chi connectivity index (χ1v) is 8.47. The van der Waals surface area contributed by atoms with Crippen molar-refractivity contribution in [1.29, 1.82) is 0 Å². The zero-order valence-corrected chi connectivity index (χ0v) is 14.3. The van der Waals surface area contributed by atoms with Crippen molar-refractivity contribution in [1.82, 2.24) is 5.32 Å². The zero-order chi connectivity index (χ0) is 15.7. The fourth-order valence-electron chi connectivity index (χ4n) is 2.50. The van der Waals surface area contributed by atoms with E-state index in [0.717, 1.165) is 25.8 Å². The fraction of sp³-hybridized carbons (Fsp3) is 0.500. The summed E-state index contributed by atoms with van der Waals surface area (Å²) in [6.07, 6.45) is 2.81. The van der Waals surface area contributed by atoms with E-state index in [2.05, 4.69) is 10.6 Å². The second kappa shape index (κ2) is 6.95. The fourth-order valence-corrected chi connectivity index (χ4v) is 3.31. The number of amides is 1. The van der Waals surface area contributed by atoms with Crippen molar-refractivity contribution in [3.63, 3.8) is 0 Å². The maximum atomic E-state index is 12.4. The van der Waals surface area contributed by atoms with Crippen LogP contribution in [0.2, 0.25) is 0 Å². The molecule has 1 amide bonds. The Bertz CT molecular complexity index is 655. The molecule has 6 nitrogen and oxygen atoms in total. The lowest BCUT2D eigenvalue weighted by atomic mass is 9.90. The number of sulfonamides is 1. The van der Waals surface area contributed by atoms with Crippen LogP contribution in [0.3, 0.4) is 0 Å². The number of rotatable bonds is 3. The number of anilines is 1. The van der Waals surface area contributed by atoms with E-state index in [0.29, 0.717) is 11.3 Å². The summed E-state index contributed by atoms with van der Waals surface area (Å²) in [5.74, 6) is -0.161. The normalized spacial score (nSPS) is 21.8. The number of benzene rings is 1. The quantitative estimate of drug-likeness (QED) is 0.771. The molecule has 0 saturated carbocycles. The lowest BCUT2D eigenvalue weighted by Gasteiger charge is -2.33. The van der Waals surface area contributed by atoms with Crippen LogP contribution in [0, 0.1) is 6.92 Å². The summed E-state index contributed by atoms with van der Waals surface area (Å²) in [7, 11) is -3.80. The first-order valence-electron chi connectivity index (χ1n) is 6.92. The van der Waals surface area contributed by atoms with E-state index in [1.54, 1.807) is 19.1 Å². The molecule has 1 atom stereocenters. The summed E-state index contributed by atoms with van der Waals surface area (Å²) in [6.45, 7) is 4.33. The number of piperidine rings is 1. The molecule has 1 aromatic rings. The largest absolute Gasteiger partial charge is 0.324 e. The van der Waals surface area contributed by atoms with Crippen molar-refractivity contribution in [3.8, 4) is 0 Å². The number of carbonyl (C=O) groups excluding carboxylic acids is 1. The summed E-state index contributed by atoms with van der Waals surface area (Å²) in [4.78, 5) is 12.4. The van der Waals surface area contributed by atoms with Crippen LogP contribution in [-0.4, -0.2) is 26.4 Å². The highest BCUT2D eigenvalue weighted by Crippen LogP contribution is 2.23. The van der Waals surface area contributed by atoms with Crippen molar-refractivity contribution in [2.75, 3.05) is 11.9 Å². The van der Waals surface area contributed by atoms with Gasteiger partial charge in [0.15, 0.2) is 0 Å². The molecular formula is C14H22ClN3O3S. The molecule has 0 bridgehead atoms. The molecule has 22 heavy (non-hydrogen) atoms. The van der Waals surface area contributed by atoms with Gasteiger partial charge in [-0.3, -0.25) is 4.79 Å². The Morgan fingerprint density at radius 2 is 2.05 bits per heavy atom. The van der Waals surface area contributed by atoms with Gasteiger partial charge in [0, 0.05) is 5.69 Å². The predicted molar refractivity (Wildman–Crippen MR) is 88.7 cm³/mol. The van der Waals surface area contributed by atoms with Crippen molar-refractivity contribution in [2.24, 2.45) is 5.14 Å². The molecule has 1 aliphatic rings. The number of hydrogen-bond donors (Lipinski definition) is 3. The molecular weight excluding hydrogens is 326 g/mol. The Labute approximate surface area is 137 Å². The SMILES string of the molecule is Cc1ccc(NC(=O)C2(C)CCCCN2)cc1S(N)(=O)=O.Cl. The second-order valence-corrected chi connectivity index (χ2v) is 7.23. The standard InChI is InChI=1S/C14H21N3O3S.ClH/c1-10-5-6-11(9-12(10)21(15,19)20)17-13(18)14(2)7-3-4-8-16-14;/h5-6,9,16H,3-4,7-8H2,1-2H3,(H,17,18)(H2,15,19,20);1H. The van der Waals surface area contributed by atoms with Crippen LogP contribution < -0.4 is 15.8 Å². The highest BCUT2D eigenvalue weighted by Gasteiger charge is 2.34. The number of carbonyl (C=O) groups is 1. The van der Waals surface area contributed by atoms with Crippen molar-refractivity contribution >= 4 is 34.0 Å². The molecule has 0 aliphatic carbocycles. The van der Waals surface area contributed by atoms with Crippen LogP contribution in [0.25, 0.3) is 0 Å². The van der Waals surface area contributed by atoms with E-state index in [9.17, 15) is 13.2 Å². The smallest absolute Gasteiger partial charge is 0.244 e. The van der Waals surface area contributed by atoms with Crippen molar-refractivity contribution in [3.05, 3.63) is 23.8 Å². The molecule has 2 rings (SSSR count). The molecule has 0 spiro atoms. The van der Waals surface area contributed by atoms with E-state index in [-0.39, 0.29) is 23.2 Å². The molecule has 124 valence electrons. The van der Waals surface area contributed by atoms with Crippen LogP contribution in [0.5, 0.6) is 0 Å². The lowest BCUT2D eigenvalue weighted by Crippen LogP contribution is -2.54. The third-order valence-electron chi connectivity index (χ3n) is 3.87. The summed E-state index contributed by atoms with van der Waals surface area (Å²) in [5, 5.41) is 11.2. The van der Waals surface area contributed by atoms with Gasteiger partial charge in [0.2, 0.25) is 15.9 Å². The number of hydrogen-bond acceptors (Lipinski definition) is 4. The highest BCUT2D eigenvalue weighted by molar-refractivity contribution is 7.89. The highest BCUT2D eigenvalue weighted by atomic mass is 35.5. The lowest BCUT2D eigenvalue weighted by molar-refractivity contribution is -0.122. The van der Waals surface area contributed by atoms with Crippen LogP contribution >= 0.6 is 12.4 Å². The van der Waals surface area contributed by atoms with E-state index in [1.807, 2.05) is 6.92 Å². The summed E-state index contributed by atoms with van der Waals surface area (Å²) >= 11 is 0. The monoisotopic (exact) mass is 347 g/mol. The van der Waals surface area contributed by atoms with Gasteiger partial charge in [-0.2, -0.15) is 0 Å². The average molecular weight is 348 g/mol. The minimum Gasteiger partial charge on any atom is -0.324 e. The Morgan fingerprint density at radius 3 is 2.59 bits per heavy atom. The summed E-state index contributed by atoms with van der Waals surface area (Å²) < 4.78 is 23.0. The minimum absolute atomic E-state index is 0. The van der Waals surface area contributed by atoms with E-state index < -0.39 is 15.6 Å². The molecule has 0 aromatic heterocycles. The van der Waals surface area contributed by atoms with E-state index in [1.165, 1.54) is 6.07 Å². The average Bonchev–Trinajstić information content (AvgIpc) is 2.40. The molecule has 1 unspecified atom stereocenters. The van der Waals surface area contributed by atoms with Crippen LogP contribution in [0.15, 0.2) is 23.1 Å². The van der Waals surface area contributed by atoms with Gasteiger partial charge in [-0.15, -0.1) is 12.4 Å². The number of primary sulfonamides is 1. The molecule has 8 heteroatoms. The van der Waals surface area contributed by atoms with E-state index in [4.69, 9.17) is 5.14 Å². The van der Waals surface area contributed by atoms with Crippen LogP contribution in [-0.2, 0) is 14.8 Å². The first kappa shape index (κ1) is 18.9. The molecule has 1 aliphatic heterocycles. The number of nitrogens with two attached hydrogens (primary N) is 1. The minimum atomic E-state index is -3.80. The third kappa shape index (κ3) is 4.19. The van der Waals surface area contributed by atoms with Gasteiger partial charge in [0.25, 0.3) is 0 Å². The Hall–Kier alpha value is -1.15. The molecule has 1 fully saturated rings. The maximum absolute atomic E-state index is 12.4. The first-order chi connectivity index (χ1) is 9.72. The number of aryl methyl sites for hydroxylation is 1. The van der Waals surface area contributed by atoms with Gasteiger partial charge < -0.3 is 10.6 Å². The second-order valence-electron chi connectivity index (χ2n) is 5.70. The number of halogens is 1. The van der Waals surface area contributed by atoms with Crippen molar-refractivity contribution < 1.29 is 13.2 Å². The molecule has 0 radical (unpaired) electrons. The maximum Gasteiger partial charge on any atom is 0.244 e. The Morgan fingerprint density at radius 1 is 1.36 bits per heavy atom. The molecule has 1 saturated heterocycles. The van der Waals surface area contributed by atoms with Gasteiger partial charge in [0.05, 0.1) is 10.4 Å². The topological polar surface area (TPSA) is 101 Å². The van der Waals surface area contributed by atoms with E-state index >= 15 is 0 Å². The summed E-state index contributed by atoms with van der Waals surface area (Å²) in [6, 6.07) is 4.70. The summed E-state index contributed by atoms with van der Waals surface area (Å²) in [5.41, 5.74) is 0.367. The molecule has 1 heterocycles. The molecule has 1 aromatic carbocycles. The van der Waals surface area contributed by atoms with Crippen molar-refractivity contribution in [2.45, 2.75) is 43.5 Å². The molecule has 4 N–H and O–H groups in total. The van der Waals surface area contributed by atoms with Crippen LogP contribution in [0.4, 0.5) is 5.69 Å². The third-order valence-corrected chi connectivity index (χ3v) is 4.93. The van der Waals surface area contributed by atoms with Gasteiger partial charge in [-0.05, 0) is 57.4 Å². The van der Waals surface area contributed by atoms with Gasteiger partial charge in [-0.25, -0.2) is 13.6 Å². The van der Waals surface area contributed by atoms with Gasteiger partial charge in [0.1, 0.15) is 0 Å². The van der Waals surface area contributed by atoms with Gasteiger partial charge in [-0.1, -0.05) is 6.07 Å². The Kier molecular flexibility index (Phi) is 5.97.